The van der Waals surface area contributed by atoms with Gasteiger partial charge in [0.05, 0.1) is 6.61 Å². The van der Waals surface area contributed by atoms with Crippen molar-refractivity contribution in [3.8, 4) is 11.8 Å². The monoisotopic (exact) mass is 232 g/mol. The Morgan fingerprint density at radius 3 is 2.29 bits per heavy atom. The van der Waals surface area contributed by atoms with Crippen LogP contribution in [0.5, 0.6) is 0 Å². The number of ether oxygens (including phenoxy) is 1. The van der Waals surface area contributed by atoms with Crippen molar-refractivity contribution in [2.45, 2.75) is 26.4 Å². The van der Waals surface area contributed by atoms with Crippen molar-refractivity contribution < 1.29 is 9.84 Å². The minimum atomic E-state index is -1.20. The van der Waals surface area contributed by atoms with Gasteiger partial charge in [-0.25, -0.2) is 0 Å². The molecule has 0 radical (unpaired) electrons. The Kier molecular flexibility index (Phi) is 4.34. The maximum absolute atomic E-state index is 10.9. The fraction of sp³-hybridized carbons (Fsp3) is 0.467. The Bertz CT molecular complexity index is 412. The van der Waals surface area contributed by atoms with E-state index in [1.54, 1.807) is 14.0 Å². The number of rotatable bonds is 4. The molecule has 1 aromatic rings. The van der Waals surface area contributed by atoms with Gasteiger partial charge in [0.15, 0.2) is 5.60 Å². The summed E-state index contributed by atoms with van der Waals surface area (Å²) in [5.74, 6) is 5.74. The second kappa shape index (κ2) is 5.35. The summed E-state index contributed by atoms with van der Waals surface area (Å²) in [5, 5.41) is 10.9. The Balaban J connectivity index is 3.27. The first-order valence-electron chi connectivity index (χ1n) is 5.68. The number of aliphatic hydroxyl groups is 1. The Morgan fingerprint density at radius 1 is 1.24 bits per heavy atom. The first-order chi connectivity index (χ1) is 7.98. The summed E-state index contributed by atoms with van der Waals surface area (Å²) in [5.41, 5.74) is -0.873. The van der Waals surface area contributed by atoms with E-state index in [1.165, 1.54) is 0 Å². The molecule has 0 aliphatic rings. The lowest BCUT2D eigenvalue weighted by atomic mass is 9.71. The average molecular weight is 232 g/mol. The van der Waals surface area contributed by atoms with E-state index in [2.05, 4.69) is 11.8 Å². The quantitative estimate of drug-likeness (QED) is 0.808. The van der Waals surface area contributed by atoms with Crippen LogP contribution < -0.4 is 0 Å². The highest BCUT2D eigenvalue weighted by molar-refractivity contribution is 5.34. The summed E-state index contributed by atoms with van der Waals surface area (Å²) >= 11 is 0. The largest absolute Gasteiger partial charge is 0.384 e. The van der Waals surface area contributed by atoms with Gasteiger partial charge in [-0.15, -0.1) is 5.92 Å². The first-order valence-corrected chi connectivity index (χ1v) is 5.68. The number of benzene rings is 1. The highest BCUT2D eigenvalue weighted by Gasteiger charge is 2.43. The lowest BCUT2D eigenvalue weighted by Crippen LogP contribution is -2.43. The van der Waals surface area contributed by atoms with Gasteiger partial charge in [0.2, 0.25) is 0 Å². The van der Waals surface area contributed by atoms with Gasteiger partial charge in [-0.3, -0.25) is 0 Å². The molecule has 1 N–H and O–H groups in total. The third kappa shape index (κ3) is 2.69. The molecule has 0 aliphatic carbocycles. The van der Waals surface area contributed by atoms with Crippen LogP contribution in [0.1, 0.15) is 26.3 Å². The van der Waals surface area contributed by atoms with Crippen LogP contribution in [-0.2, 0) is 10.3 Å². The molecule has 1 atom stereocenters. The summed E-state index contributed by atoms with van der Waals surface area (Å²) in [6, 6.07) is 9.51. The standard InChI is InChI=1S/C15H20O2/c1-5-11-15(16,14(2,3)12-17-4)13-9-7-6-8-10-13/h6-10,16H,12H2,1-4H3. The number of methoxy groups -OCH3 is 1. The summed E-state index contributed by atoms with van der Waals surface area (Å²) in [7, 11) is 1.63. The fourth-order valence-corrected chi connectivity index (χ4v) is 1.96. The second-order valence-corrected chi connectivity index (χ2v) is 4.77. The maximum Gasteiger partial charge on any atom is 0.158 e. The molecule has 0 saturated heterocycles. The average Bonchev–Trinajstić information content (AvgIpc) is 2.30. The van der Waals surface area contributed by atoms with Crippen LogP contribution in [0.2, 0.25) is 0 Å². The molecular weight excluding hydrogens is 212 g/mol. The van der Waals surface area contributed by atoms with E-state index in [0.29, 0.717) is 6.61 Å². The van der Waals surface area contributed by atoms with Gasteiger partial charge < -0.3 is 9.84 Å². The molecule has 2 nitrogen and oxygen atoms in total. The van der Waals surface area contributed by atoms with E-state index in [4.69, 9.17) is 4.74 Å². The lowest BCUT2D eigenvalue weighted by Gasteiger charge is -2.38. The predicted molar refractivity (Wildman–Crippen MR) is 69.4 cm³/mol. The minimum absolute atomic E-state index is 0.438. The van der Waals surface area contributed by atoms with Crippen LogP contribution in [0.15, 0.2) is 30.3 Å². The van der Waals surface area contributed by atoms with Gasteiger partial charge in [-0.2, -0.15) is 0 Å². The van der Waals surface area contributed by atoms with Gasteiger partial charge in [0, 0.05) is 12.5 Å². The molecule has 2 heteroatoms. The first kappa shape index (κ1) is 13.8. The molecule has 17 heavy (non-hydrogen) atoms. The molecule has 0 amide bonds. The van der Waals surface area contributed by atoms with Gasteiger partial charge >= 0.3 is 0 Å². The van der Waals surface area contributed by atoms with E-state index in [9.17, 15) is 5.11 Å². The van der Waals surface area contributed by atoms with Crippen LogP contribution in [0, 0.1) is 17.3 Å². The Morgan fingerprint density at radius 2 is 1.82 bits per heavy atom. The van der Waals surface area contributed by atoms with Crippen LogP contribution in [-0.4, -0.2) is 18.8 Å². The molecule has 1 unspecified atom stereocenters. The predicted octanol–water partition coefficient (Wildman–Crippen LogP) is 2.57. The van der Waals surface area contributed by atoms with Gasteiger partial charge in [0.25, 0.3) is 0 Å². The fourth-order valence-electron chi connectivity index (χ4n) is 1.96. The van der Waals surface area contributed by atoms with Crippen molar-refractivity contribution in [3.05, 3.63) is 35.9 Å². The Hall–Kier alpha value is -1.30. The molecule has 0 bridgehead atoms. The minimum Gasteiger partial charge on any atom is -0.384 e. The second-order valence-electron chi connectivity index (χ2n) is 4.77. The van der Waals surface area contributed by atoms with Crippen molar-refractivity contribution in [1.82, 2.24) is 0 Å². The third-order valence-electron chi connectivity index (χ3n) is 2.98. The normalized spacial score (nSPS) is 14.6. The molecule has 0 aliphatic heterocycles. The zero-order valence-corrected chi connectivity index (χ0v) is 10.9. The zero-order chi connectivity index (χ0) is 12.9. The number of hydrogen-bond donors (Lipinski definition) is 1. The molecule has 92 valence electrons. The lowest BCUT2D eigenvalue weighted by molar-refractivity contribution is -0.0612. The molecule has 0 aromatic heterocycles. The molecule has 0 heterocycles. The van der Waals surface area contributed by atoms with Crippen molar-refractivity contribution in [2.24, 2.45) is 5.41 Å². The van der Waals surface area contributed by atoms with Crippen molar-refractivity contribution >= 4 is 0 Å². The van der Waals surface area contributed by atoms with E-state index in [0.717, 1.165) is 5.56 Å². The molecule has 1 rings (SSSR count). The van der Waals surface area contributed by atoms with Crippen LogP contribution in [0.3, 0.4) is 0 Å². The van der Waals surface area contributed by atoms with Gasteiger partial charge in [0.1, 0.15) is 0 Å². The molecular formula is C15H20O2. The van der Waals surface area contributed by atoms with Crippen LogP contribution in [0.4, 0.5) is 0 Å². The molecule has 0 spiro atoms. The molecule has 0 fully saturated rings. The Labute approximate surface area is 104 Å². The van der Waals surface area contributed by atoms with E-state index >= 15 is 0 Å². The van der Waals surface area contributed by atoms with E-state index in [-0.39, 0.29) is 0 Å². The smallest absolute Gasteiger partial charge is 0.158 e. The molecule has 1 aromatic carbocycles. The maximum atomic E-state index is 10.9. The summed E-state index contributed by atoms with van der Waals surface area (Å²) in [6.07, 6.45) is 0. The third-order valence-corrected chi connectivity index (χ3v) is 2.98. The van der Waals surface area contributed by atoms with Crippen LogP contribution >= 0.6 is 0 Å². The van der Waals surface area contributed by atoms with E-state index in [1.807, 2.05) is 44.2 Å². The zero-order valence-electron chi connectivity index (χ0n) is 10.9. The van der Waals surface area contributed by atoms with Gasteiger partial charge in [-0.1, -0.05) is 50.1 Å². The van der Waals surface area contributed by atoms with E-state index < -0.39 is 11.0 Å². The number of hydrogen-bond acceptors (Lipinski definition) is 2. The summed E-state index contributed by atoms with van der Waals surface area (Å²) < 4.78 is 5.19. The van der Waals surface area contributed by atoms with Gasteiger partial charge in [-0.05, 0) is 12.5 Å². The summed E-state index contributed by atoms with van der Waals surface area (Å²) in [4.78, 5) is 0. The van der Waals surface area contributed by atoms with Crippen molar-refractivity contribution in [3.63, 3.8) is 0 Å². The highest BCUT2D eigenvalue weighted by atomic mass is 16.5. The summed E-state index contributed by atoms with van der Waals surface area (Å²) in [6.45, 7) is 6.07. The van der Waals surface area contributed by atoms with Crippen molar-refractivity contribution in [2.75, 3.05) is 13.7 Å². The highest BCUT2D eigenvalue weighted by Crippen LogP contribution is 2.39. The van der Waals surface area contributed by atoms with Crippen LogP contribution in [0.25, 0.3) is 0 Å². The molecule has 0 saturated carbocycles. The van der Waals surface area contributed by atoms with Crippen molar-refractivity contribution in [1.29, 1.82) is 0 Å². The topological polar surface area (TPSA) is 29.5 Å². The SMILES string of the molecule is CC#CC(O)(c1ccccc1)C(C)(C)COC.